The number of anilines is 1. The lowest BCUT2D eigenvalue weighted by Crippen LogP contribution is -2.06. The van der Waals surface area contributed by atoms with Crippen LogP contribution in [0, 0.1) is 22.7 Å². The summed E-state index contributed by atoms with van der Waals surface area (Å²) in [6.45, 7) is -3.02. The van der Waals surface area contributed by atoms with Crippen molar-refractivity contribution in [2.24, 2.45) is 5.10 Å². The molecule has 0 heterocycles. The number of halogens is 4. The predicted octanol–water partition coefficient (Wildman–Crippen LogP) is 3.63. The van der Waals surface area contributed by atoms with E-state index in [-0.39, 0.29) is 11.4 Å². The molecule has 1 aromatic carbocycles. The molecule has 0 amide bonds. The largest absolute Gasteiger partial charge is 0.432 e. The Balaban J connectivity index is 3.16. The van der Waals surface area contributed by atoms with Gasteiger partial charge in [-0.2, -0.15) is 24.4 Å². The minimum absolute atomic E-state index is 0.0755. The Morgan fingerprint density at radius 3 is 2.47 bits per heavy atom. The van der Waals surface area contributed by atoms with Gasteiger partial charge in [-0.25, -0.2) is 0 Å². The van der Waals surface area contributed by atoms with Gasteiger partial charge >= 0.3 is 6.61 Å². The molecule has 0 saturated carbocycles. The summed E-state index contributed by atoms with van der Waals surface area (Å²) in [4.78, 5) is 0. The third-order valence-corrected chi connectivity index (χ3v) is 2.81. The fourth-order valence-electron chi connectivity index (χ4n) is 1.03. The first-order valence-electron chi connectivity index (χ1n) is 4.55. The van der Waals surface area contributed by atoms with Gasteiger partial charge < -0.3 is 4.74 Å². The third-order valence-electron chi connectivity index (χ3n) is 1.73. The number of alkyl halides is 2. The van der Waals surface area contributed by atoms with E-state index in [1.807, 2.05) is 0 Å². The fourth-order valence-corrected chi connectivity index (χ4v) is 2.31. The number of nitrogens with zero attached hydrogens (tertiary/aromatic N) is 3. The maximum atomic E-state index is 12.3. The SMILES string of the molecule is N#CC(C#N)=NNc1c(Br)cc(Br)cc1OC(F)F. The lowest BCUT2D eigenvalue weighted by atomic mass is 10.3. The molecule has 0 saturated heterocycles. The van der Waals surface area contributed by atoms with E-state index >= 15 is 0 Å². The molecule has 0 spiro atoms. The van der Waals surface area contributed by atoms with Gasteiger partial charge in [0.05, 0.1) is 0 Å². The monoisotopic (exact) mass is 392 g/mol. The molecule has 0 aromatic heterocycles. The number of hydrogen-bond acceptors (Lipinski definition) is 5. The van der Waals surface area contributed by atoms with Gasteiger partial charge in [0.1, 0.15) is 17.8 Å². The second kappa shape index (κ2) is 7.02. The molecular weight excluding hydrogens is 390 g/mol. The molecule has 9 heteroatoms. The van der Waals surface area contributed by atoms with Crippen molar-refractivity contribution in [1.82, 2.24) is 0 Å². The summed E-state index contributed by atoms with van der Waals surface area (Å²) in [5.74, 6) is -0.185. The minimum atomic E-state index is -3.02. The third kappa shape index (κ3) is 4.47. The number of benzene rings is 1. The summed E-state index contributed by atoms with van der Waals surface area (Å²) < 4.78 is 29.7. The van der Waals surface area contributed by atoms with Gasteiger partial charge in [0.25, 0.3) is 0 Å². The Bertz CT molecular complexity index is 576. The average Bonchev–Trinajstić information content (AvgIpc) is 2.32. The molecule has 0 unspecified atom stereocenters. The van der Waals surface area contributed by atoms with Crippen LogP contribution in [0.1, 0.15) is 0 Å². The van der Waals surface area contributed by atoms with Crippen LogP contribution in [0.25, 0.3) is 0 Å². The zero-order chi connectivity index (χ0) is 14.4. The van der Waals surface area contributed by atoms with E-state index in [1.165, 1.54) is 18.2 Å². The van der Waals surface area contributed by atoms with E-state index in [0.29, 0.717) is 8.95 Å². The van der Waals surface area contributed by atoms with Crippen molar-refractivity contribution in [3.63, 3.8) is 0 Å². The zero-order valence-corrected chi connectivity index (χ0v) is 12.2. The van der Waals surface area contributed by atoms with E-state index in [2.05, 4.69) is 47.1 Å². The number of ether oxygens (including phenoxy) is 1. The summed E-state index contributed by atoms with van der Waals surface area (Å²) in [5.41, 5.74) is 1.96. The molecule has 0 fully saturated rings. The Morgan fingerprint density at radius 1 is 1.32 bits per heavy atom. The van der Waals surface area contributed by atoms with Gasteiger partial charge in [0.2, 0.25) is 5.71 Å². The molecule has 0 bridgehead atoms. The van der Waals surface area contributed by atoms with E-state index < -0.39 is 12.3 Å². The topological polar surface area (TPSA) is 81.2 Å². The van der Waals surface area contributed by atoms with Crippen LogP contribution in [0.4, 0.5) is 14.5 Å². The van der Waals surface area contributed by atoms with Gasteiger partial charge in [-0.3, -0.25) is 5.43 Å². The number of rotatable bonds is 4. The van der Waals surface area contributed by atoms with E-state index in [1.54, 1.807) is 6.07 Å². The molecule has 0 aliphatic rings. The zero-order valence-electron chi connectivity index (χ0n) is 8.99. The molecule has 98 valence electrons. The van der Waals surface area contributed by atoms with Crippen LogP contribution in [-0.2, 0) is 0 Å². The maximum Gasteiger partial charge on any atom is 0.387 e. The summed E-state index contributed by atoms with van der Waals surface area (Å²) in [5, 5.41) is 20.5. The normalized spacial score (nSPS) is 9.42. The molecule has 0 aliphatic carbocycles. The lowest BCUT2D eigenvalue weighted by molar-refractivity contribution is -0.0494. The molecule has 0 aliphatic heterocycles. The highest BCUT2D eigenvalue weighted by atomic mass is 79.9. The van der Waals surface area contributed by atoms with Crippen molar-refractivity contribution < 1.29 is 13.5 Å². The summed E-state index contributed by atoms with van der Waals surface area (Å²) in [7, 11) is 0. The number of hydrogen-bond donors (Lipinski definition) is 1. The first-order valence-corrected chi connectivity index (χ1v) is 6.14. The van der Waals surface area contributed by atoms with E-state index in [4.69, 9.17) is 10.5 Å². The summed E-state index contributed by atoms with van der Waals surface area (Å²) in [6, 6.07) is 5.91. The minimum Gasteiger partial charge on any atom is -0.432 e. The van der Waals surface area contributed by atoms with Crippen molar-refractivity contribution in [3.8, 4) is 17.9 Å². The van der Waals surface area contributed by atoms with Crippen molar-refractivity contribution in [1.29, 1.82) is 10.5 Å². The van der Waals surface area contributed by atoms with Gasteiger partial charge in [-0.05, 0) is 28.1 Å². The van der Waals surface area contributed by atoms with Crippen molar-refractivity contribution in [3.05, 3.63) is 21.1 Å². The van der Waals surface area contributed by atoms with Crippen molar-refractivity contribution in [2.75, 3.05) is 5.43 Å². The molecule has 1 N–H and O–H groups in total. The highest BCUT2D eigenvalue weighted by Crippen LogP contribution is 2.37. The molecule has 5 nitrogen and oxygen atoms in total. The average molecular weight is 394 g/mol. The highest BCUT2D eigenvalue weighted by Gasteiger charge is 2.14. The number of nitriles is 2. The van der Waals surface area contributed by atoms with Gasteiger partial charge in [0, 0.05) is 8.95 Å². The predicted molar refractivity (Wildman–Crippen MR) is 70.8 cm³/mol. The second-order valence-corrected chi connectivity index (χ2v) is 4.71. The Hall–Kier alpha value is -1.71. The highest BCUT2D eigenvalue weighted by molar-refractivity contribution is 9.11. The van der Waals surface area contributed by atoms with Crippen LogP contribution in [-0.4, -0.2) is 12.3 Å². The first-order chi connectivity index (χ1) is 8.97. The summed E-state index contributed by atoms with van der Waals surface area (Å²) in [6.07, 6.45) is 0. The molecular formula is C10H4Br2F2N4O. The summed E-state index contributed by atoms with van der Waals surface area (Å²) >= 11 is 6.25. The fraction of sp³-hybridized carbons (Fsp3) is 0.100. The maximum absolute atomic E-state index is 12.3. The molecule has 1 rings (SSSR count). The smallest absolute Gasteiger partial charge is 0.387 e. The van der Waals surface area contributed by atoms with Crippen LogP contribution in [0.15, 0.2) is 26.2 Å². The van der Waals surface area contributed by atoms with E-state index in [0.717, 1.165) is 0 Å². The van der Waals surface area contributed by atoms with Gasteiger partial charge in [0.15, 0.2) is 5.75 Å². The Kier molecular flexibility index (Phi) is 5.67. The lowest BCUT2D eigenvalue weighted by Gasteiger charge is -2.12. The second-order valence-electron chi connectivity index (χ2n) is 2.94. The quantitative estimate of drug-likeness (QED) is 0.625. The van der Waals surface area contributed by atoms with Crippen molar-refractivity contribution >= 4 is 43.3 Å². The van der Waals surface area contributed by atoms with Crippen LogP contribution in [0.2, 0.25) is 0 Å². The van der Waals surface area contributed by atoms with Crippen LogP contribution >= 0.6 is 31.9 Å². The first kappa shape index (κ1) is 15.3. The van der Waals surface area contributed by atoms with Crippen LogP contribution < -0.4 is 10.2 Å². The van der Waals surface area contributed by atoms with E-state index in [9.17, 15) is 8.78 Å². The van der Waals surface area contributed by atoms with Crippen molar-refractivity contribution in [2.45, 2.75) is 6.61 Å². The molecule has 1 aromatic rings. The number of hydrazone groups is 1. The molecule has 0 atom stereocenters. The van der Waals surface area contributed by atoms with Gasteiger partial charge in [-0.1, -0.05) is 15.9 Å². The Morgan fingerprint density at radius 2 is 1.95 bits per heavy atom. The van der Waals surface area contributed by atoms with Crippen LogP contribution in [0.5, 0.6) is 5.75 Å². The molecule has 0 radical (unpaired) electrons. The Labute approximate surface area is 123 Å². The van der Waals surface area contributed by atoms with Crippen LogP contribution in [0.3, 0.4) is 0 Å². The molecule has 19 heavy (non-hydrogen) atoms. The number of nitrogens with one attached hydrogen (secondary N) is 1. The van der Waals surface area contributed by atoms with Gasteiger partial charge in [-0.15, -0.1) is 0 Å². The standard InChI is InChI=1S/C10H4Br2F2N4O/c11-5-1-7(12)9(8(2-5)19-10(13)14)18-17-6(3-15)4-16/h1-2,10,18H.